The van der Waals surface area contributed by atoms with Crippen molar-refractivity contribution in [2.24, 2.45) is 11.7 Å². The Morgan fingerprint density at radius 3 is 2.42 bits per heavy atom. The van der Waals surface area contributed by atoms with Gasteiger partial charge in [0.05, 0.1) is 24.2 Å². The van der Waals surface area contributed by atoms with E-state index in [-0.39, 0.29) is 36.4 Å². The first kappa shape index (κ1) is 23.8. The zero-order valence-corrected chi connectivity index (χ0v) is 19.5. The van der Waals surface area contributed by atoms with Crippen molar-refractivity contribution in [3.8, 4) is 0 Å². The van der Waals surface area contributed by atoms with Crippen LogP contribution in [0.3, 0.4) is 0 Å². The Labute approximate surface area is 194 Å². The molecule has 1 heterocycles. The average Bonchev–Trinajstić information content (AvgIpc) is 2.72. The van der Waals surface area contributed by atoms with Crippen LogP contribution in [0.15, 0.2) is 61.2 Å². The molecule has 1 saturated heterocycles. The molecule has 1 aliphatic rings. The normalized spacial score (nSPS) is 25.0. The molecule has 1 fully saturated rings. The van der Waals surface area contributed by atoms with Crippen molar-refractivity contribution in [3.63, 3.8) is 0 Å². The molecule has 2 aromatic carbocycles. The molecular formula is C25H30Cl2N2O2. The van der Waals surface area contributed by atoms with Crippen molar-refractivity contribution in [3.05, 3.63) is 82.4 Å². The number of benzene rings is 2. The zero-order chi connectivity index (χ0) is 22.8. The van der Waals surface area contributed by atoms with Crippen LogP contribution in [-0.2, 0) is 4.79 Å². The number of nitrogens with zero attached hydrogens (tertiary/aromatic N) is 1. The van der Waals surface area contributed by atoms with E-state index in [2.05, 4.69) is 6.58 Å². The highest BCUT2D eigenvalue weighted by atomic mass is 35.5. The van der Waals surface area contributed by atoms with Crippen LogP contribution in [0, 0.1) is 5.92 Å². The first-order valence-corrected chi connectivity index (χ1v) is 11.3. The number of piperidine rings is 1. The predicted molar refractivity (Wildman–Crippen MR) is 127 cm³/mol. The molecule has 3 N–H and O–H groups in total. The van der Waals surface area contributed by atoms with E-state index in [1.807, 2.05) is 62.4 Å². The lowest BCUT2D eigenvalue weighted by Crippen LogP contribution is -2.65. The van der Waals surface area contributed by atoms with Gasteiger partial charge in [-0.25, -0.2) is 0 Å². The molecule has 3 rings (SSSR count). The highest BCUT2D eigenvalue weighted by Crippen LogP contribution is 2.48. The Morgan fingerprint density at radius 2 is 1.87 bits per heavy atom. The highest BCUT2D eigenvalue weighted by Gasteiger charge is 2.51. The molecule has 31 heavy (non-hydrogen) atoms. The fourth-order valence-corrected chi connectivity index (χ4v) is 4.99. The van der Waals surface area contributed by atoms with Gasteiger partial charge in [0.1, 0.15) is 0 Å². The van der Waals surface area contributed by atoms with Gasteiger partial charge in [-0.05, 0) is 54.2 Å². The number of aliphatic hydroxyl groups is 1. The van der Waals surface area contributed by atoms with Gasteiger partial charge in [-0.3, -0.25) is 4.79 Å². The molecule has 0 aliphatic carbocycles. The number of aliphatic hydroxyl groups excluding tert-OH is 1. The van der Waals surface area contributed by atoms with Gasteiger partial charge < -0.3 is 15.7 Å². The molecule has 0 spiro atoms. The Balaban J connectivity index is 2.24. The molecule has 1 amide bonds. The molecule has 166 valence electrons. The van der Waals surface area contributed by atoms with Gasteiger partial charge >= 0.3 is 0 Å². The molecule has 4 atom stereocenters. The topological polar surface area (TPSA) is 66.6 Å². The van der Waals surface area contributed by atoms with Crippen molar-refractivity contribution < 1.29 is 9.90 Å². The maximum absolute atomic E-state index is 13.8. The van der Waals surface area contributed by atoms with E-state index >= 15 is 0 Å². The Morgan fingerprint density at radius 1 is 1.19 bits per heavy atom. The first-order chi connectivity index (χ1) is 14.7. The smallest absolute Gasteiger partial charge is 0.243 e. The van der Waals surface area contributed by atoms with Crippen LogP contribution in [-0.4, -0.2) is 34.1 Å². The van der Waals surface area contributed by atoms with E-state index in [9.17, 15) is 9.90 Å². The number of nitrogens with two attached hydrogens (primary N) is 1. The minimum atomic E-state index is -1.11. The largest absolute Gasteiger partial charge is 0.394 e. The summed E-state index contributed by atoms with van der Waals surface area (Å²) < 4.78 is 0. The first-order valence-electron chi connectivity index (χ1n) is 10.6. The number of hydrogen-bond acceptors (Lipinski definition) is 3. The third-order valence-corrected chi connectivity index (χ3v) is 6.72. The van der Waals surface area contributed by atoms with Gasteiger partial charge in [0.2, 0.25) is 5.91 Å². The van der Waals surface area contributed by atoms with Crippen LogP contribution in [0.25, 0.3) is 0 Å². The molecule has 6 heteroatoms. The standard InChI is InChI=1S/C25H30Cl2N2O2/c1-4-12-25(28)14-21(18-6-5-7-20(27)13-18)23(17-8-10-19(26)11-9-17)29(24(25)31)22(15-30)16(2)3/h4-11,13,16,21-23,30H,1,12,14-15,28H2,2-3H3/t21-,22-,23?,25-/m1/s1. The second kappa shape index (κ2) is 9.74. The molecule has 0 aromatic heterocycles. The fraction of sp³-hybridized carbons (Fsp3) is 0.400. The molecule has 4 nitrogen and oxygen atoms in total. The predicted octanol–water partition coefficient (Wildman–Crippen LogP) is 5.34. The number of rotatable bonds is 7. The zero-order valence-electron chi connectivity index (χ0n) is 18.0. The summed E-state index contributed by atoms with van der Waals surface area (Å²) in [4.78, 5) is 15.6. The second-order valence-electron chi connectivity index (χ2n) is 8.72. The molecule has 0 radical (unpaired) electrons. The summed E-state index contributed by atoms with van der Waals surface area (Å²) in [5, 5.41) is 11.5. The molecule has 1 unspecified atom stereocenters. The van der Waals surface area contributed by atoms with E-state index in [1.165, 1.54) is 0 Å². The molecule has 0 bridgehead atoms. The average molecular weight is 461 g/mol. The number of carbonyl (C=O) groups excluding carboxylic acids is 1. The fourth-order valence-electron chi connectivity index (χ4n) is 4.66. The van der Waals surface area contributed by atoms with E-state index in [1.54, 1.807) is 11.0 Å². The Bertz CT molecular complexity index is 931. The molecule has 1 aliphatic heterocycles. The summed E-state index contributed by atoms with van der Waals surface area (Å²) in [6.45, 7) is 7.67. The summed E-state index contributed by atoms with van der Waals surface area (Å²) in [6, 6.07) is 14.5. The third kappa shape index (κ3) is 4.83. The summed E-state index contributed by atoms with van der Waals surface area (Å²) in [5.41, 5.74) is 7.57. The maximum atomic E-state index is 13.8. The monoisotopic (exact) mass is 460 g/mol. The Kier molecular flexibility index (Phi) is 7.48. The Hall–Kier alpha value is -1.85. The van der Waals surface area contributed by atoms with Crippen LogP contribution in [0.5, 0.6) is 0 Å². The highest BCUT2D eigenvalue weighted by molar-refractivity contribution is 6.30. The number of amides is 1. The number of likely N-dealkylation sites (tertiary alicyclic amines) is 1. The van der Waals surface area contributed by atoms with E-state index in [4.69, 9.17) is 28.9 Å². The van der Waals surface area contributed by atoms with E-state index in [0.717, 1.165) is 11.1 Å². The van der Waals surface area contributed by atoms with Crippen molar-refractivity contribution in [1.29, 1.82) is 0 Å². The van der Waals surface area contributed by atoms with Crippen molar-refractivity contribution >= 4 is 29.1 Å². The van der Waals surface area contributed by atoms with Gasteiger partial charge in [-0.2, -0.15) is 0 Å². The van der Waals surface area contributed by atoms with E-state index in [0.29, 0.717) is 22.9 Å². The minimum Gasteiger partial charge on any atom is -0.394 e. The van der Waals surface area contributed by atoms with Gasteiger partial charge in [0.25, 0.3) is 0 Å². The van der Waals surface area contributed by atoms with Crippen molar-refractivity contribution in [2.45, 2.75) is 50.2 Å². The number of carbonyl (C=O) groups is 1. The molecular weight excluding hydrogens is 431 g/mol. The van der Waals surface area contributed by atoms with Crippen molar-refractivity contribution in [2.75, 3.05) is 6.61 Å². The van der Waals surface area contributed by atoms with Crippen LogP contribution in [0.4, 0.5) is 0 Å². The molecule has 2 aromatic rings. The SMILES string of the molecule is C=CC[C@@]1(N)C[C@H](c2cccc(Cl)c2)C(c2ccc(Cl)cc2)N([C@H](CO)C(C)C)C1=O. The number of hydrogen-bond donors (Lipinski definition) is 2. The van der Waals surface area contributed by atoms with Gasteiger partial charge in [-0.15, -0.1) is 6.58 Å². The van der Waals surface area contributed by atoms with Crippen LogP contribution >= 0.6 is 23.2 Å². The summed E-state index contributed by atoms with van der Waals surface area (Å²) in [7, 11) is 0. The van der Waals surface area contributed by atoms with Crippen LogP contribution in [0.2, 0.25) is 10.0 Å². The summed E-state index contributed by atoms with van der Waals surface area (Å²) >= 11 is 12.5. The van der Waals surface area contributed by atoms with Crippen molar-refractivity contribution in [1.82, 2.24) is 4.90 Å². The van der Waals surface area contributed by atoms with Gasteiger partial charge in [0.15, 0.2) is 0 Å². The minimum absolute atomic E-state index is 0.0369. The summed E-state index contributed by atoms with van der Waals surface area (Å²) in [6.07, 6.45) is 2.48. The second-order valence-corrected chi connectivity index (χ2v) is 9.59. The lowest BCUT2D eigenvalue weighted by Gasteiger charge is -2.52. The van der Waals surface area contributed by atoms with E-state index < -0.39 is 5.54 Å². The van der Waals surface area contributed by atoms with Gasteiger partial charge in [0, 0.05) is 16.0 Å². The van der Waals surface area contributed by atoms with Gasteiger partial charge in [-0.1, -0.05) is 67.4 Å². The number of halogens is 2. The third-order valence-electron chi connectivity index (χ3n) is 6.24. The quantitative estimate of drug-likeness (QED) is 0.547. The summed E-state index contributed by atoms with van der Waals surface area (Å²) in [5.74, 6) is -0.247. The maximum Gasteiger partial charge on any atom is 0.243 e. The molecule has 0 saturated carbocycles. The van der Waals surface area contributed by atoms with Crippen LogP contribution in [0.1, 0.15) is 49.8 Å². The lowest BCUT2D eigenvalue weighted by molar-refractivity contribution is -0.151. The van der Waals surface area contributed by atoms with Crippen LogP contribution < -0.4 is 5.73 Å². The lowest BCUT2D eigenvalue weighted by atomic mass is 9.70.